The number of nitrogens with zero attached hydrogens (tertiary/aromatic N) is 2. The maximum absolute atomic E-state index is 5.75. The Labute approximate surface area is 115 Å². The van der Waals surface area contributed by atoms with Crippen molar-refractivity contribution >= 4 is 0 Å². The van der Waals surface area contributed by atoms with Gasteiger partial charge >= 0.3 is 0 Å². The van der Waals surface area contributed by atoms with E-state index in [4.69, 9.17) is 9.26 Å². The number of ether oxygens (including phenoxy) is 1. The second kappa shape index (κ2) is 6.48. The fourth-order valence-corrected chi connectivity index (χ4v) is 2.66. The molecule has 0 saturated heterocycles. The van der Waals surface area contributed by atoms with Crippen LogP contribution in [0.3, 0.4) is 0 Å². The minimum absolute atomic E-state index is 0.327. The van der Waals surface area contributed by atoms with Crippen LogP contribution in [0.5, 0.6) is 0 Å². The van der Waals surface area contributed by atoms with E-state index in [0.717, 1.165) is 56.9 Å². The molecule has 5 nitrogen and oxygen atoms in total. The SMILES string of the molecule is CCNCCc1nc(C2(OC)CCC(C)CC2)no1. The third kappa shape index (κ3) is 3.34. The van der Waals surface area contributed by atoms with Crippen molar-refractivity contribution in [2.75, 3.05) is 20.2 Å². The van der Waals surface area contributed by atoms with Crippen molar-refractivity contribution < 1.29 is 9.26 Å². The van der Waals surface area contributed by atoms with Crippen LogP contribution in [0.4, 0.5) is 0 Å². The van der Waals surface area contributed by atoms with Crippen LogP contribution >= 0.6 is 0 Å². The third-order valence-electron chi connectivity index (χ3n) is 4.11. The average Bonchev–Trinajstić information content (AvgIpc) is 2.90. The van der Waals surface area contributed by atoms with Gasteiger partial charge < -0.3 is 14.6 Å². The molecule has 1 fully saturated rings. The van der Waals surface area contributed by atoms with Gasteiger partial charge in [0.15, 0.2) is 0 Å². The summed E-state index contributed by atoms with van der Waals surface area (Å²) in [5.41, 5.74) is -0.327. The van der Waals surface area contributed by atoms with E-state index >= 15 is 0 Å². The van der Waals surface area contributed by atoms with Crippen molar-refractivity contribution in [2.24, 2.45) is 5.92 Å². The lowest BCUT2D eigenvalue weighted by Gasteiger charge is -2.35. The normalized spacial score (nSPS) is 27.6. The van der Waals surface area contributed by atoms with Crippen LogP contribution in [0.25, 0.3) is 0 Å². The van der Waals surface area contributed by atoms with Crippen molar-refractivity contribution in [2.45, 2.75) is 51.6 Å². The van der Waals surface area contributed by atoms with E-state index in [9.17, 15) is 0 Å². The molecule has 1 aliphatic carbocycles. The molecule has 1 saturated carbocycles. The summed E-state index contributed by atoms with van der Waals surface area (Å²) in [6, 6.07) is 0. The van der Waals surface area contributed by atoms with Gasteiger partial charge in [-0.05, 0) is 38.1 Å². The first kappa shape index (κ1) is 14.5. The molecule has 108 valence electrons. The fraction of sp³-hybridized carbons (Fsp3) is 0.857. The van der Waals surface area contributed by atoms with Gasteiger partial charge in [-0.25, -0.2) is 0 Å². The molecular weight excluding hydrogens is 242 g/mol. The van der Waals surface area contributed by atoms with E-state index in [1.807, 2.05) is 0 Å². The van der Waals surface area contributed by atoms with Gasteiger partial charge in [0.25, 0.3) is 0 Å². The first-order valence-electron chi connectivity index (χ1n) is 7.29. The Morgan fingerprint density at radius 1 is 1.42 bits per heavy atom. The highest BCUT2D eigenvalue weighted by Crippen LogP contribution is 2.40. The lowest BCUT2D eigenvalue weighted by molar-refractivity contribution is -0.0609. The molecule has 1 aliphatic rings. The lowest BCUT2D eigenvalue weighted by Crippen LogP contribution is -2.34. The van der Waals surface area contributed by atoms with Gasteiger partial charge in [0, 0.05) is 20.1 Å². The van der Waals surface area contributed by atoms with E-state index in [2.05, 4.69) is 29.3 Å². The molecule has 0 bridgehead atoms. The first-order valence-corrected chi connectivity index (χ1v) is 7.29. The highest BCUT2D eigenvalue weighted by Gasteiger charge is 2.40. The van der Waals surface area contributed by atoms with Gasteiger partial charge in [0.2, 0.25) is 11.7 Å². The number of aromatic nitrogens is 2. The minimum Gasteiger partial charge on any atom is -0.370 e. The van der Waals surface area contributed by atoms with Crippen LogP contribution in [0.15, 0.2) is 4.52 Å². The molecule has 5 heteroatoms. The smallest absolute Gasteiger partial charge is 0.228 e. The Morgan fingerprint density at radius 2 is 2.16 bits per heavy atom. The molecule has 1 N–H and O–H groups in total. The molecule has 0 atom stereocenters. The van der Waals surface area contributed by atoms with Crippen molar-refractivity contribution in [3.63, 3.8) is 0 Å². The number of nitrogens with one attached hydrogen (secondary N) is 1. The monoisotopic (exact) mass is 267 g/mol. The molecule has 19 heavy (non-hydrogen) atoms. The van der Waals surface area contributed by atoms with Crippen molar-refractivity contribution in [3.05, 3.63) is 11.7 Å². The topological polar surface area (TPSA) is 60.2 Å². The van der Waals surface area contributed by atoms with Crippen LogP contribution < -0.4 is 5.32 Å². The minimum atomic E-state index is -0.327. The van der Waals surface area contributed by atoms with E-state index < -0.39 is 0 Å². The Kier molecular flexibility index (Phi) is 4.93. The molecular formula is C14H25N3O2. The summed E-state index contributed by atoms with van der Waals surface area (Å²) in [5.74, 6) is 2.20. The predicted octanol–water partition coefficient (Wildman–Crippen LogP) is 2.27. The molecule has 2 rings (SSSR count). The summed E-state index contributed by atoms with van der Waals surface area (Å²) in [4.78, 5) is 4.53. The Morgan fingerprint density at radius 3 is 2.79 bits per heavy atom. The van der Waals surface area contributed by atoms with Gasteiger partial charge in [0.1, 0.15) is 5.60 Å². The predicted molar refractivity (Wildman–Crippen MR) is 72.9 cm³/mol. The van der Waals surface area contributed by atoms with Crippen molar-refractivity contribution in [1.82, 2.24) is 15.5 Å². The second-order valence-electron chi connectivity index (χ2n) is 5.50. The van der Waals surface area contributed by atoms with Crippen molar-refractivity contribution in [1.29, 1.82) is 0 Å². The van der Waals surface area contributed by atoms with Crippen LogP contribution in [-0.4, -0.2) is 30.3 Å². The third-order valence-corrected chi connectivity index (χ3v) is 4.11. The van der Waals surface area contributed by atoms with E-state index in [1.165, 1.54) is 0 Å². The lowest BCUT2D eigenvalue weighted by atomic mass is 9.79. The number of hydrogen-bond acceptors (Lipinski definition) is 5. The molecule has 0 spiro atoms. The number of likely N-dealkylation sites (N-methyl/N-ethyl adjacent to an activating group) is 1. The maximum atomic E-state index is 5.75. The second-order valence-corrected chi connectivity index (χ2v) is 5.50. The Balaban J connectivity index is 2.02. The first-order chi connectivity index (χ1) is 9.20. The number of methoxy groups -OCH3 is 1. The molecule has 1 aromatic rings. The summed E-state index contributed by atoms with van der Waals surface area (Å²) in [6.07, 6.45) is 5.06. The van der Waals surface area contributed by atoms with Crippen LogP contribution in [0, 0.1) is 5.92 Å². The van der Waals surface area contributed by atoms with Gasteiger partial charge in [-0.1, -0.05) is 19.0 Å². The maximum Gasteiger partial charge on any atom is 0.228 e. The zero-order valence-electron chi connectivity index (χ0n) is 12.2. The molecule has 0 aliphatic heterocycles. The summed E-state index contributed by atoms with van der Waals surface area (Å²) in [7, 11) is 1.75. The number of rotatable bonds is 6. The highest BCUT2D eigenvalue weighted by atomic mass is 16.5. The van der Waals surface area contributed by atoms with Gasteiger partial charge in [-0.2, -0.15) is 4.98 Å². The molecule has 1 aromatic heterocycles. The van der Waals surface area contributed by atoms with Gasteiger partial charge in [-0.3, -0.25) is 0 Å². The zero-order valence-corrected chi connectivity index (χ0v) is 12.2. The van der Waals surface area contributed by atoms with E-state index in [1.54, 1.807) is 7.11 Å². The summed E-state index contributed by atoms with van der Waals surface area (Å²) in [6.45, 7) is 6.20. The van der Waals surface area contributed by atoms with E-state index in [0.29, 0.717) is 5.89 Å². The summed E-state index contributed by atoms with van der Waals surface area (Å²) < 4.78 is 11.1. The van der Waals surface area contributed by atoms with E-state index in [-0.39, 0.29) is 5.60 Å². The fourth-order valence-electron chi connectivity index (χ4n) is 2.66. The summed E-state index contributed by atoms with van der Waals surface area (Å²) >= 11 is 0. The molecule has 1 heterocycles. The Bertz CT molecular complexity index is 384. The average molecular weight is 267 g/mol. The molecule has 0 unspecified atom stereocenters. The summed E-state index contributed by atoms with van der Waals surface area (Å²) in [5, 5.41) is 7.40. The van der Waals surface area contributed by atoms with Crippen LogP contribution in [0.1, 0.15) is 51.2 Å². The molecule has 0 aromatic carbocycles. The van der Waals surface area contributed by atoms with Crippen LogP contribution in [-0.2, 0) is 16.8 Å². The van der Waals surface area contributed by atoms with Gasteiger partial charge in [0.05, 0.1) is 0 Å². The highest BCUT2D eigenvalue weighted by molar-refractivity contribution is 5.04. The Hall–Kier alpha value is -0.940. The molecule has 0 radical (unpaired) electrons. The number of hydrogen-bond donors (Lipinski definition) is 1. The van der Waals surface area contributed by atoms with Crippen LogP contribution in [0.2, 0.25) is 0 Å². The zero-order chi connectivity index (χ0) is 13.7. The molecule has 0 amide bonds. The quantitative estimate of drug-likeness (QED) is 0.801. The largest absolute Gasteiger partial charge is 0.370 e. The van der Waals surface area contributed by atoms with Crippen molar-refractivity contribution in [3.8, 4) is 0 Å². The van der Waals surface area contributed by atoms with Gasteiger partial charge in [-0.15, -0.1) is 0 Å². The standard InChI is InChI=1S/C14H25N3O2/c1-4-15-10-7-12-16-13(17-19-12)14(18-3)8-5-11(2)6-9-14/h11,15H,4-10H2,1-3H3.